The summed E-state index contributed by atoms with van der Waals surface area (Å²) in [6, 6.07) is 6.62. The average Bonchev–Trinajstić information content (AvgIpc) is 2.18. The number of carbonyl (C=O) groups excluding carboxylic acids is 1. The number of ether oxygens (including phenoxy) is 1. The van der Waals surface area contributed by atoms with Crippen molar-refractivity contribution in [1.82, 2.24) is 0 Å². The van der Waals surface area contributed by atoms with Gasteiger partial charge in [0.1, 0.15) is 6.04 Å². The van der Waals surface area contributed by atoms with Gasteiger partial charge in [-0.3, -0.25) is 0 Å². The van der Waals surface area contributed by atoms with Gasteiger partial charge in [0.2, 0.25) is 0 Å². The maximum atomic E-state index is 11.3. The first-order valence-corrected chi connectivity index (χ1v) is 5.12. The summed E-state index contributed by atoms with van der Waals surface area (Å²) < 4.78 is 5.65. The van der Waals surface area contributed by atoms with Crippen LogP contribution >= 0.6 is 15.9 Å². The van der Waals surface area contributed by atoms with Gasteiger partial charge in [-0.25, -0.2) is 4.79 Å². The maximum absolute atomic E-state index is 11.3. The highest BCUT2D eigenvalue weighted by molar-refractivity contribution is 9.10. The van der Waals surface area contributed by atoms with Crippen LogP contribution < -0.4 is 5.73 Å². The second kappa shape index (κ2) is 5.12. The van der Waals surface area contributed by atoms with Crippen LogP contribution in [-0.2, 0) is 9.53 Å². The lowest BCUT2D eigenvalue weighted by Crippen LogP contribution is -2.24. The third kappa shape index (κ3) is 2.56. The Hall–Kier alpha value is -0.870. The van der Waals surface area contributed by atoms with E-state index in [-0.39, 0.29) is 0 Å². The molecular formula is C10H12BrNO2. The van der Waals surface area contributed by atoms with E-state index < -0.39 is 12.0 Å². The van der Waals surface area contributed by atoms with E-state index in [1.807, 2.05) is 18.2 Å². The lowest BCUT2D eigenvalue weighted by atomic mass is 10.1. The van der Waals surface area contributed by atoms with Crippen LogP contribution in [0.3, 0.4) is 0 Å². The largest absolute Gasteiger partial charge is 0.465 e. The summed E-state index contributed by atoms with van der Waals surface area (Å²) >= 11 is 3.33. The van der Waals surface area contributed by atoms with Crippen LogP contribution in [0.25, 0.3) is 0 Å². The van der Waals surface area contributed by atoms with Gasteiger partial charge in [-0.2, -0.15) is 0 Å². The van der Waals surface area contributed by atoms with E-state index >= 15 is 0 Å². The molecule has 2 N–H and O–H groups in total. The van der Waals surface area contributed by atoms with Gasteiger partial charge < -0.3 is 10.5 Å². The van der Waals surface area contributed by atoms with Gasteiger partial charge in [0.25, 0.3) is 0 Å². The maximum Gasteiger partial charge on any atom is 0.327 e. The fraction of sp³-hybridized carbons (Fsp3) is 0.300. The Morgan fingerprint density at radius 2 is 2.21 bits per heavy atom. The average molecular weight is 258 g/mol. The summed E-state index contributed by atoms with van der Waals surface area (Å²) in [5.41, 5.74) is 6.46. The molecule has 0 radical (unpaired) electrons. The zero-order valence-electron chi connectivity index (χ0n) is 7.87. The summed E-state index contributed by atoms with van der Waals surface area (Å²) in [4.78, 5) is 11.3. The molecule has 0 aliphatic heterocycles. The van der Waals surface area contributed by atoms with E-state index in [9.17, 15) is 4.79 Å². The standard InChI is InChI=1S/C10H12BrNO2/c1-2-14-10(13)9(12)7-5-3-4-6-8(7)11/h3-6,9H,2,12H2,1H3. The molecule has 0 heterocycles. The number of esters is 1. The number of rotatable bonds is 3. The van der Waals surface area contributed by atoms with Gasteiger partial charge in [-0.15, -0.1) is 0 Å². The minimum absolute atomic E-state index is 0.344. The molecular weight excluding hydrogens is 246 g/mol. The zero-order valence-corrected chi connectivity index (χ0v) is 9.45. The van der Waals surface area contributed by atoms with Crippen LogP contribution in [0, 0.1) is 0 Å². The van der Waals surface area contributed by atoms with E-state index in [4.69, 9.17) is 10.5 Å². The molecule has 4 heteroatoms. The quantitative estimate of drug-likeness (QED) is 0.844. The van der Waals surface area contributed by atoms with Crippen molar-refractivity contribution < 1.29 is 9.53 Å². The molecule has 0 aliphatic carbocycles. The molecule has 1 unspecified atom stereocenters. The van der Waals surface area contributed by atoms with Crippen molar-refractivity contribution in [3.8, 4) is 0 Å². The molecule has 1 atom stereocenters. The van der Waals surface area contributed by atoms with Crippen LogP contribution in [0.15, 0.2) is 28.7 Å². The molecule has 0 saturated heterocycles. The van der Waals surface area contributed by atoms with Crippen molar-refractivity contribution in [2.45, 2.75) is 13.0 Å². The van der Waals surface area contributed by atoms with Gasteiger partial charge in [0.15, 0.2) is 0 Å². The molecule has 0 saturated carbocycles. The molecule has 0 aliphatic rings. The Balaban J connectivity index is 2.84. The highest BCUT2D eigenvalue weighted by Gasteiger charge is 2.18. The molecule has 76 valence electrons. The van der Waals surface area contributed by atoms with Crippen LogP contribution in [0.4, 0.5) is 0 Å². The first-order chi connectivity index (χ1) is 6.66. The topological polar surface area (TPSA) is 52.3 Å². The number of nitrogens with two attached hydrogens (primary N) is 1. The fourth-order valence-corrected chi connectivity index (χ4v) is 1.62. The molecule has 0 amide bonds. The van der Waals surface area contributed by atoms with Crippen LogP contribution in [-0.4, -0.2) is 12.6 Å². The summed E-state index contributed by atoms with van der Waals surface area (Å²) in [6.45, 7) is 2.10. The minimum atomic E-state index is -0.717. The van der Waals surface area contributed by atoms with E-state index in [1.54, 1.807) is 13.0 Å². The van der Waals surface area contributed by atoms with Gasteiger partial charge in [-0.05, 0) is 18.6 Å². The Bertz CT molecular complexity index is 328. The first-order valence-electron chi connectivity index (χ1n) is 4.33. The number of halogens is 1. The van der Waals surface area contributed by atoms with Crippen molar-refractivity contribution >= 4 is 21.9 Å². The highest BCUT2D eigenvalue weighted by Crippen LogP contribution is 2.22. The van der Waals surface area contributed by atoms with E-state index in [0.717, 1.165) is 10.0 Å². The lowest BCUT2D eigenvalue weighted by molar-refractivity contribution is -0.144. The van der Waals surface area contributed by atoms with Gasteiger partial charge >= 0.3 is 5.97 Å². The monoisotopic (exact) mass is 257 g/mol. The minimum Gasteiger partial charge on any atom is -0.465 e. The van der Waals surface area contributed by atoms with Crippen molar-refractivity contribution in [1.29, 1.82) is 0 Å². The second-order valence-corrected chi connectivity index (χ2v) is 3.61. The Morgan fingerprint density at radius 3 is 2.79 bits per heavy atom. The molecule has 1 aromatic carbocycles. The molecule has 1 aromatic rings. The Labute approximate surface area is 91.4 Å². The van der Waals surface area contributed by atoms with Gasteiger partial charge in [-0.1, -0.05) is 34.1 Å². The SMILES string of the molecule is CCOC(=O)C(N)c1ccccc1Br. The third-order valence-corrected chi connectivity index (χ3v) is 2.50. The smallest absolute Gasteiger partial charge is 0.327 e. The van der Waals surface area contributed by atoms with E-state index in [2.05, 4.69) is 15.9 Å². The van der Waals surface area contributed by atoms with Crippen molar-refractivity contribution in [2.24, 2.45) is 5.73 Å². The number of benzene rings is 1. The molecule has 0 bridgehead atoms. The normalized spacial score (nSPS) is 12.2. The first kappa shape index (κ1) is 11.2. The summed E-state index contributed by atoms with van der Waals surface area (Å²) in [7, 11) is 0. The molecule has 3 nitrogen and oxygen atoms in total. The van der Waals surface area contributed by atoms with Gasteiger partial charge in [0.05, 0.1) is 6.61 Å². The summed E-state index contributed by atoms with van der Waals surface area (Å²) in [5, 5.41) is 0. The van der Waals surface area contributed by atoms with Crippen LogP contribution in [0.1, 0.15) is 18.5 Å². The summed E-state index contributed by atoms with van der Waals surface area (Å²) in [5.74, 6) is -0.403. The second-order valence-electron chi connectivity index (χ2n) is 2.75. The molecule has 0 spiro atoms. The Morgan fingerprint density at radius 1 is 1.57 bits per heavy atom. The fourth-order valence-electron chi connectivity index (χ4n) is 1.09. The number of carbonyl (C=O) groups is 1. The number of hydrogen-bond donors (Lipinski definition) is 1. The molecule has 0 fully saturated rings. The molecule has 14 heavy (non-hydrogen) atoms. The van der Waals surface area contributed by atoms with E-state index in [0.29, 0.717) is 6.61 Å². The predicted octanol–water partition coefficient (Wildman–Crippen LogP) is 2.01. The van der Waals surface area contributed by atoms with Crippen molar-refractivity contribution in [2.75, 3.05) is 6.61 Å². The Kier molecular flexibility index (Phi) is 4.10. The van der Waals surface area contributed by atoms with Gasteiger partial charge in [0, 0.05) is 4.47 Å². The van der Waals surface area contributed by atoms with Crippen LogP contribution in [0.2, 0.25) is 0 Å². The summed E-state index contributed by atoms with van der Waals surface area (Å²) in [6.07, 6.45) is 0. The molecule has 0 aromatic heterocycles. The van der Waals surface area contributed by atoms with Crippen molar-refractivity contribution in [3.63, 3.8) is 0 Å². The number of hydrogen-bond acceptors (Lipinski definition) is 3. The predicted molar refractivity (Wildman–Crippen MR) is 57.7 cm³/mol. The van der Waals surface area contributed by atoms with Crippen LogP contribution in [0.5, 0.6) is 0 Å². The highest BCUT2D eigenvalue weighted by atomic mass is 79.9. The van der Waals surface area contributed by atoms with Crippen molar-refractivity contribution in [3.05, 3.63) is 34.3 Å². The molecule has 1 rings (SSSR count). The zero-order chi connectivity index (χ0) is 10.6. The lowest BCUT2D eigenvalue weighted by Gasteiger charge is -2.11. The third-order valence-electron chi connectivity index (χ3n) is 1.78. The van der Waals surface area contributed by atoms with E-state index in [1.165, 1.54) is 0 Å².